The maximum absolute atomic E-state index is 11.5. The topological polar surface area (TPSA) is 60.2 Å². The molecular formula is C12H15NO3. The predicted octanol–water partition coefficient (Wildman–Crippen LogP) is 2.81. The molecule has 86 valence electrons. The molecule has 0 amide bonds. The van der Waals surface area contributed by atoms with E-state index in [9.17, 15) is 14.9 Å². The molecule has 0 spiro atoms. The summed E-state index contributed by atoms with van der Waals surface area (Å²) in [6.07, 6.45) is 1.42. The highest BCUT2D eigenvalue weighted by Crippen LogP contribution is 2.22. The molecule has 0 heterocycles. The second-order valence-electron chi connectivity index (χ2n) is 3.80. The van der Waals surface area contributed by atoms with Crippen LogP contribution in [0.2, 0.25) is 0 Å². The van der Waals surface area contributed by atoms with Gasteiger partial charge in [0.1, 0.15) is 5.78 Å². The van der Waals surface area contributed by atoms with Crippen molar-refractivity contribution in [1.82, 2.24) is 0 Å². The SMILES string of the molecule is CCCC(=O)Cc1c(C)cccc1[N+](=O)[O-]. The molecule has 0 saturated carbocycles. The molecule has 4 nitrogen and oxygen atoms in total. The normalized spacial score (nSPS) is 10.1. The number of hydrogen-bond acceptors (Lipinski definition) is 3. The smallest absolute Gasteiger partial charge is 0.273 e. The summed E-state index contributed by atoms with van der Waals surface area (Å²) in [6, 6.07) is 4.88. The minimum absolute atomic E-state index is 0.0458. The molecule has 1 aromatic carbocycles. The Kier molecular flexibility index (Phi) is 4.17. The first-order chi connectivity index (χ1) is 7.56. The first kappa shape index (κ1) is 12.4. The summed E-state index contributed by atoms with van der Waals surface area (Å²) in [5, 5.41) is 10.8. The standard InChI is InChI=1S/C12H15NO3/c1-3-5-10(14)8-11-9(2)6-4-7-12(11)13(15)16/h4,6-7H,3,5,8H2,1-2H3. The molecule has 0 saturated heterocycles. The number of carbonyl (C=O) groups is 1. The van der Waals surface area contributed by atoms with Gasteiger partial charge in [-0.25, -0.2) is 0 Å². The number of ketones is 1. The Labute approximate surface area is 94.4 Å². The average Bonchev–Trinajstić information content (AvgIpc) is 2.21. The Hall–Kier alpha value is -1.71. The molecule has 0 N–H and O–H groups in total. The van der Waals surface area contributed by atoms with Gasteiger partial charge in [0.25, 0.3) is 5.69 Å². The lowest BCUT2D eigenvalue weighted by Crippen LogP contribution is -2.06. The molecule has 0 unspecified atom stereocenters. The quantitative estimate of drug-likeness (QED) is 0.567. The number of nitro groups is 1. The molecule has 0 bridgehead atoms. The lowest BCUT2D eigenvalue weighted by atomic mass is 9.99. The van der Waals surface area contributed by atoms with Crippen molar-refractivity contribution >= 4 is 11.5 Å². The fraction of sp³-hybridized carbons (Fsp3) is 0.417. The van der Waals surface area contributed by atoms with Gasteiger partial charge >= 0.3 is 0 Å². The van der Waals surface area contributed by atoms with Gasteiger partial charge in [-0.3, -0.25) is 14.9 Å². The van der Waals surface area contributed by atoms with Crippen LogP contribution in [0.1, 0.15) is 30.9 Å². The largest absolute Gasteiger partial charge is 0.299 e. The van der Waals surface area contributed by atoms with Crippen molar-refractivity contribution in [1.29, 1.82) is 0 Å². The number of rotatable bonds is 5. The van der Waals surface area contributed by atoms with Gasteiger partial charge in [-0.15, -0.1) is 0 Å². The molecule has 4 heteroatoms. The van der Waals surface area contributed by atoms with Crippen LogP contribution < -0.4 is 0 Å². The van der Waals surface area contributed by atoms with E-state index in [0.717, 1.165) is 12.0 Å². The van der Waals surface area contributed by atoms with Crippen LogP contribution in [0.4, 0.5) is 5.69 Å². The molecule has 0 atom stereocenters. The molecule has 16 heavy (non-hydrogen) atoms. The third-order valence-corrected chi connectivity index (χ3v) is 2.48. The van der Waals surface area contributed by atoms with Crippen molar-refractivity contribution < 1.29 is 9.72 Å². The van der Waals surface area contributed by atoms with Crippen molar-refractivity contribution in [3.8, 4) is 0 Å². The van der Waals surface area contributed by atoms with E-state index in [1.807, 2.05) is 6.92 Å². The van der Waals surface area contributed by atoms with Crippen LogP contribution in [0, 0.1) is 17.0 Å². The van der Waals surface area contributed by atoms with Gasteiger partial charge in [-0.2, -0.15) is 0 Å². The molecule has 0 fully saturated rings. The van der Waals surface area contributed by atoms with Gasteiger partial charge in [-0.05, 0) is 18.9 Å². The van der Waals surface area contributed by atoms with Crippen LogP contribution in [0.3, 0.4) is 0 Å². The van der Waals surface area contributed by atoms with Crippen LogP contribution >= 0.6 is 0 Å². The van der Waals surface area contributed by atoms with E-state index >= 15 is 0 Å². The van der Waals surface area contributed by atoms with E-state index < -0.39 is 4.92 Å². The van der Waals surface area contributed by atoms with E-state index in [0.29, 0.717) is 12.0 Å². The number of carbonyl (C=O) groups excluding carboxylic acids is 1. The summed E-state index contributed by atoms with van der Waals surface area (Å²) < 4.78 is 0. The van der Waals surface area contributed by atoms with Gasteiger partial charge in [0.2, 0.25) is 0 Å². The monoisotopic (exact) mass is 221 g/mol. The van der Waals surface area contributed by atoms with E-state index in [4.69, 9.17) is 0 Å². The molecule has 0 aromatic heterocycles. The third kappa shape index (κ3) is 2.89. The Bertz CT molecular complexity index is 413. The molecule has 0 aliphatic heterocycles. The van der Waals surface area contributed by atoms with E-state index in [1.165, 1.54) is 6.07 Å². The van der Waals surface area contributed by atoms with Crippen LogP contribution in [-0.4, -0.2) is 10.7 Å². The minimum Gasteiger partial charge on any atom is -0.299 e. The van der Waals surface area contributed by atoms with Crippen LogP contribution in [0.15, 0.2) is 18.2 Å². The zero-order valence-electron chi connectivity index (χ0n) is 9.53. The van der Waals surface area contributed by atoms with Gasteiger partial charge in [-0.1, -0.05) is 19.1 Å². The zero-order chi connectivity index (χ0) is 12.1. The third-order valence-electron chi connectivity index (χ3n) is 2.48. The van der Waals surface area contributed by atoms with Crippen LogP contribution in [0.25, 0.3) is 0 Å². The van der Waals surface area contributed by atoms with Crippen molar-refractivity contribution in [3.05, 3.63) is 39.4 Å². The van der Waals surface area contributed by atoms with Gasteiger partial charge in [0, 0.05) is 24.5 Å². The highest BCUT2D eigenvalue weighted by molar-refractivity contribution is 5.82. The average molecular weight is 221 g/mol. The Morgan fingerprint density at radius 1 is 1.44 bits per heavy atom. The molecule has 0 radical (unpaired) electrons. The first-order valence-electron chi connectivity index (χ1n) is 5.30. The van der Waals surface area contributed by atoms with Crippen molar-refractivity contribution in [2.24, 2.45) is 0 Å². The highest BCUT2D eigenvalue weighted by Gasteiger charge is 2.17. The molecule has 1 aromatic rings. The van der Waals surface area contributed by atoms with E-state index in [2.05, 4.69) is 0 Å². The summed E-state index contributed by atoms with van der Waals surface area (Å²) in [7, 11) is 0. The lowest BCUT2D eigenvalue weighted by molar-refractivity contribution is -0.385. The van der Waals surface area contributed by atoms with Crippen molar-refractivity contribution in [2.45, 2.75) is 33.1 Å². The van der Waals surface area contributed by atoms with Gasteiger partial charge in [0.15, 0.2) is 0 Å². The Morgan fingerprint density at radius 3 is 2.69 bits per heavy atom. The summed E-state index contributed by atoms with van der Waals surface area (Å²) in [5.74, 6) is 0.0555. The van der Waals surface area contributed by atoms with E-state index in [-0.39, 0.29) is 17.9 Å². The fourth-order valence-electron chi connectivity index (χ4n) is 1.65. The number of nitro benzene ring substituents is 1. The van der Waals surface area contributed by atoms with E-state index in [1.54, 1.807) is 19.1 Å². The maximum atomic E-state index is 11.5. The second-order valence-corrected chi connectivity index (χ2v) is 3.80. The molecule has 0 aliphatic rings. The number of nitrogens with zero attached hydrogens (tertiary/aromatic N) is 1. The second kappa shape index (κ2) is 5.39. The molecular weight excluding hydrogens is 206 g/mol. The lowest BCUT2D eigenvalue weighted by Gasteiger charge is -2.05. The first-order valence-corrected chi connectivity index (χ1v) is 5.30. The Balaban J connectivity index is 3.01. The summed E-state index contributed by atoms with van der Waals surface area (Å²) in [6.45, 7) is 3.71. The molecule has 0 aliphatic carbocycles. The Morgan fingerprint density at radius 2 is 2.12 bits per heavy atom. The highest BCUT2D eigenvalue weighted by atomic mass is 16.6. The van der Waals surface area contributed by atoms with Crippen LogP contribution in [-0.2, 0) is 11.2 Å². The van der Waals surface area contributed by atoms with Crippen LogP contribution in [0.5, 0.6) is 0 Å². The van der Waals surface area contributed by atoms with Gasteiger partial charge < -0.3 is 0 Å². The molecule has 1 rings (SSSR count). The van der Waals surface area contributed by atoms with Crippen molar-refractivity contribution in [3.63, 3.8) is 0 Å². The zero-order valence-corrected chi connectivity index (χ0v) is 9.53. The van der Waals surface area contributed by atoms with Crippen molar-refractivity contribution in [2.75, 3.05) is 0 Å². The number of benzene rings is 1. The fourth-order valence-corrected chi connectivity index (χ4v) is 1.65. The summed E-state index contributed by atoms with van der Waals surface area (Å²) in [5.41, 5.74) is 1.40. The minimum atomic E-state index is -0.429. The predicted molar refractivity (Wildman–Crippen MR) is 61.5 cm³/mol. The number of Topliss-reactive ketones (excluding diaryl/α,β-unsaturated/α-hetero) is 1. The maximum Gasteiger partial charge on any atom is 0.273 e. The number of aryl methyl sites for hydroxylation is 1. The summed E-state index contributed by atoms with van der Waals surface area (Å²) >= 11 is 0. The number of hydrogen-bond donors (Lipinski definition) is 0. The van der Waals surface area contributed by atoms with Gasteiger partial charge in [0.05, 0.1) is 4.92 Å². The summed E-state index contributed by atoms with van der Waals surface area (Å²) in [4.78, 5) is 21.9.